The van der Waals surface area contributed by atoms with Gasteiger partial charge in [0.15, 0.2) is 0 Å². The highest BCUT2D eigenvalue weighted by Gasteiger charge is 2.25. The van der Waals surface area contributed by atoms with E-state index in [1.165, 1.54) is 64.3 Å². The summed E-state index contributed by atoms with van der Waals surface area (Å²) in [5.41, 5.74) is 13.8. The van der Waals surface area contributed by atoms with Crippen LogP contribution in [-0.4, -0.2) is 0 Å². The first-order chi connectivity index (χ1) is 30.2. The summed E-state index contributed by atoms with van der Waals surface area (Å²) in [5.74, 6) is 0. The molecule has 0 saturated heterocycles. The molecular weight excluding hydrogens is 757 g/mol. The number of thiophene rings is 1. The first-order valence-corrected chi connectivity index (χ1v) is 21.6. The van der Waals surface area contributed by atoms with Crippen molar-refractivity contribution in [2.24, 2.45) is 0 Å². The van der Waals surface area contributed by atoms with E-state index in [2.05, 4.69) is 252 Å². The van der Waals surface area contributed by atoms with Gasteiger partial charge in [-0.2, -0.15) is 0 Å². The van der Waals surface area contributed by atoms with Gasteiger partial charge in [-0.25, -0.2) is 0 Å². The molecule has 0 bridgehead atoms. The van der Waals surface area contributed by atoms with Crippen LogP contribution < -0.4 is 9.80 Å². The maximum absolute atomic E-state index is 2.45. The Kier molecular flexibility index (Phi) is 9.42. The Bertz CT molecular complexity index is 3270. The first-order valence-electron chi connectivity index (χ1n) is 20.7. The van der Waals surface area contributed by atoms with Crippen LogP contribution in [0.4, 0.5) is 34.1 Å². The van der Waals surface area contributed by atoms with Crippen molar-refractivity contribution in [3.63, 3.8) is 0 Å². The number of hydrogen-bond acceptors (Lipinski definition) is 3. The molecule has 0 aliphatic heterocycles. The maximum atomic E-state index is 2.45. The average Bonchev–Trinajstić information content (AvgIpc) is 3.72. The molecule has 0 N–H and O–H groups in total. The van der Waals surface area contributed by atoms with Crippen LogP contribution >= 0.6 is 11.3 Å². The molecule has 0 fully saturated rings. The van der Waals surface area contributed by atoms with E-state index in [1.54, 1.807) is 0 Å². The van der Waals surface area contributed by atoms with Gasteiger partial charge in [0, 0.05) is 38.2 Å². The fourth-order valence-electron chi connectivity index (χ4n) is 8.65. The Labute approximate surface area is 360 Å². The molecule has 10 aromatic carbocycles. The number of fused-ring (bicyclic) bond motifs is 4. The number of anilines is 6. The topological polar surface area (TPSA) is 6.48 Å². The van der Waals surface area contributed by atoms with Gasteiger partial charge in [-0.15, -0.1) is 11.3 Å². The highest BCUT2D eigenvalue weighted by atomic mass is 32.1. The van der Waals surface area contributed by atoms with Crippen LogP contribution in [-0.2, 0) is 0 Å². The lowest BCUT2D eigenvalue weighted by atomic mass is 10.0. The van der Waals surface area contributed by atoms with Crippen molar-refractivity contribution >= 4 is 76.4 Å². The smallest absolute Gasteiger partial charge is 0.0641 e. The van der Waals surface area contributed by atoms with Crippen molar-refractivity contribution in [1.82, 2.24) is 0 Å². The Balaban J connectivity index is 1.17. The third-order valence-corrected chi connectivity index (χ3v) is 12.8. The molecule has 0 spiro atoms. The summed E-state index contributed by atoms with van der Waals surface area (Å²) in [5, 5.41) is 4.94. The van der Waals surface area contributed by atoms with E-state index < -0.39 is 0 Å². The van der Waals surface area contributed by atoms with Crippen molar-refractivity contribution in [3.8, 4) is 33.4 Å². The summed E-state index contributed by atoms with van der Waals surface area (Å²) >= 11 is 1.87. The van der Waals surface area contributed by atoms with E-state index in [9.17, 15) is 0 Å². The number of hydrogen-bond donors (Lipinski definition) is 0. The van der Waals surface area contributed by atoms with E-state index in [4.69, 9.17) is 0 Å². The molecule has 0 unspecified atom stereocenters. The van der Waals surface area contributed by atoms with Crippen molar-refractivity contribution in [2.45, 2.75) is 0 Å². The van der Waals surface area contributed by atoms with Crippen LogP contribution in [0, 0.1) is 0 Å². The van der Waals surface area contributed by atoms with E-state index in [0.717, 1.165) is 34.1 Å². The SMILES string of the molecule is c1ccc(-c2ccc(N(c3ccccc3)c3ccc(N(c4ccc(-c5ccccc5)cc4)c4cccc(-c5ccccc5)c4)c4c3sc3cc5ccccc5cc34)cc2)cc1. The molecule has 0 aliphatic carbocycles. The van der Waals surface area contributed by atoms with Gasteiger partial charge in [0.05, 0.1) is 16.1 Å². The predicted molar refractivity (Wildman–Crippen MR) is 263 cm³/mol. The molecule has 0 aliphatic rings. The highest BCUT2D eigenvalue weighted by Crippen LogP contribution is 2.51. The van der Waals surface area contributed by atoms with Crippen molar-refractivity contribution in [1.29, 1.82) is 0 Å². The molecular formula is C58H40N2S. The van der Waals surface area contributed by atoms with Gasteiger partial charge in [-0.3, -0.25) is 0 Å². The molecule has 2 nitrogen and oxygen atoms in total. The molecule has 61 heavy (non-hydrogen) atoms. The van der Waals surface area contributed by atoms with E-state index in [0.29, 0.717) is 0 Å². The fourth-order valence-corrected chi connectivity index (χ4v) is 9.91. The second kappa shape index (κ2) is 15.8. The van der Waals surface area contributed by atoms with Crippen LogP contribution in [0.5, 0.6) is 0 Å². The van der Waals surface area contributed by atoms with Gasteiger partial charge in [0.1, 0.15) is 0 Å². The van der Waals surface area contributed by atoms with Crippen LogP contribution in [0.2, 0.25) is 0 Å². The third-order valence-electron chi connectivity index (χ3n) is 11.6. The monoisotopic (exact) mass is 796 g/mol. The largest absolute Gasteiger partial charge is 0.310 e. The molecule has 0 saturated carbocycles. The number of benzene rings is 10. The maximum Gasteiger partial charge on any atom is 0.0641 e. The van der Waals surface area contributed by atoms with Crippen LogP contribution in [0.3, 0.4) is 0 Å². The Morgan fingerprint density at radius 2 is 0.689 bits per heavy atom. The fraction of sp³-hybridized carbons (Fsp3) is 0. The van der Waals surface area contributed by atoms with Gasteiger partial charge in [-0.1, -0.05) is 170 Å². The molecule has 11 rings (SSSR count). The summed E-state index contributed by atoms with van der Waals surface area (Å²) in [6.07, 6.45) is 0. The van der Waals surface area contributed by atoms with Crippen LogP contribution in [0.25, 0.3) is 64.3 Å². The highest BCUT2D eigenvalue weighted by molar-refractivity contribution is 7.26. The lowest BCUT2D eigenvalue weighted by Crippen LogP contribution is -2.13. The summed E-state index contributed by atoms with van der Waals surface area (Å²) in [6, 6.07) is 87.8. The first kappa shape index (κ1) is 36.4. The van der Waals surface area contributed by atoms with Gasteiger partial charge in [0.25, 0.3) is 0 Å². The zero-order valence-electron chi connectivity index (χ0n) is 33.4. The van der Waals surface area contributed by atoms with Crippen LogP contribution in [0.1, 0.15) is 0 Å². The lowest BCUT2D eigenvalue weighted by Gasteiger charge is -2.30. The van der Waals surface area contributed by atoms with Crippen molar-refractivity contribution in [3.05, 3.63) is 243 Å². The quantitative estimate of drug-likeness (QED) is 0.144. The molecule has 0 amide bonds. The summed E-state index contributed by atoms with van der Waals surface area (Å²) in [6.45, 7) is 0. The minimum Gasteiger partial charge on any atom is -0.310 e. The van der Waals surface area contributed by atoms with Crippen LogP contribution in [0.15, 0.2) is 243 Å². The third kappa shape index (κ3) is 6.91. The second-order valence-corrected chi connectivity index (χ2v) is 16.4. The molecule has 3 heteroatoms. The molecule has 0 radical (unpaired) electrons. The molecule has 1 aromatic heterocycles. The molecule has 11 aromatic rings. The van der Waals surface area contributed by atoms with Crippen molar-refractivity contribution < 1.29 is 0 Å². The zero-order chi connectivity index (χ0) is 40.5. The van der Waals surface area contributed by atoms with E-state index in [-0.39, 0.29) is 0 Å². The average molecular weight is 797 g/mol. The van der Waals surface area contributed by atoms with Gasteiger partial charge >= 0.3 is 0 Å². The van der Waals surface area contributed by atoms with E-state index >= 15 is 0 Å². The number of nitrogens with zero attached hydrogens (tertiary/aromatic N) is 2. The molecule has 1 heterocycles. The lowest BCUT2D eigenvalue weighted by molar-refractivity contribution is 1.28. The number of para-hydroxylation sites is 1. The minimum absolute atomic E-state index is 1.09. The Hall–Kier alpha value is -7.72. The Morgan fingerprint density at radius 1 is 0.279 bits per heavy atom. The summed E-state index contributed by atoms with van der Waals surface area (Å²) in [4.78, 5) is 4.88. The molecule has 288 valence electrons. The summed E-state index contributed by atoms with van der Waals surface area (Å²) < 4.78 is 2.48. The summed E-state index contributed by atoms with van der Waals surface area (Å²) in [7, 11) is 0. The minimum atomic E-state index is 1.09. The predicted octanol–water partition coefficient (Wildman–Crippen LogP) is 17.1. The molecule has 0 atom stereocenters. The normalized spacial score (nSPS) is 11.3. The van der Waals surface area contributed by atoms with Gasteiger partial charge < -0.3 is 9.80 Å². The van der Waals surface area contributed by atoms with Crippen molar-refractivity contribution in [2.75, 3.05) is 9.80 Å². The Morgan fingerprint density at radius 3 is 1.26 bits per heavy atom. The second-order valence-electron chi connectivity index (χ2n) is 15.4. The van der Waals surface area contributed by atoms with E-state index in [1.807, 2.05) is 11.3 Å². The zero-order valence-corrected chi connectivity index (χ0v) is 34.2. The van der Waals surface area contributed by atoms with Gasteiger partial charge in [-0.05, 0) is 117 Å². The standard InChI is InChI=1S/C58H40N2S/c1-5-16-41(17-6-1)44-28-32-50(33-29-44)59(49-25-11-4-12-26-49)55-37-36-54(57-53-39-47-22-13-14-23-48(47)40-56(53)61-58(55)57)60(51-34-30-45(31-35-51)42-18-7-2-8-19-42)52-27-15-24-46(38-52)43-20-9-3-10-21-43/h1-40H. The van der Waals surface area contributed by atoms with Gasteiger partial charge in [0.2, 0.25) is 0 Å². The number of rotatable bonds is 9.